The predicted octanol–water partition coefficient (Wildman–Crippen LogP) is 3.77. The molecule has 4 rings (SSSR count). The van der Waals surface area contributed by atoms with Crippen LogP contribution in [0.3, 0.4) is 0 Å². The van der Waals surface area contributed by atoms with Gasteiger partial charge in [-0.2, -0.15) is 13.2 Å². The fourth-order valence-electron chi connectivity index (χ4n) is 3.91. The number of anilines is 1. The Morgan fingerprint density at radius 3 is 2.60 bits per heavy atom. The van der Waals surface area contributed by atoms with E-state index in [1.807, 2.05) is 0 Å². The molecule has 2 atom stereocenters. The first-order valence-electron chi connectivity index (χ1n) is 9.30. The van der Waals surface area contributed by atoms with Gasteiger partial charge in [-0.3, -0.25) is 14.4 Å². The van der Waals surface area contributed by atoms with Gasteiger partial charge in [-0.05, 0) is 36.8 Å². The van der Waals surface area contributed by atoms with Crippen molar-refractivity contribution in [2.45, 2.75) is 31.4 Å². The number of allylic oxidation sites excluding steroid dienone is 1. The van der Waals surface area contributed by atoms with E-state index in [1.54, 1.807) is 12.1 Å². The van der Waals surface area contributed by atoms with Crippen LogP contribution < -0.4 is 10.6 Å². The third-order valence-corrected chi connectivity index (χ3v) is 5.26. The SMILES string of the molecule is O=C1C[C@H](C(=O)Nc2cccc(C(F)(F)F)c2)C2=C(C[C@H](c3ccco3)CC2=O)N1. The van der Waals surface area contributed by atoms with Crippen LogP contribution in [0.15, 0.2) is 58.3 Å². The lowest BCUT2D eigenvalue weighted by molar-refractivity contribution is -0.137. The number of ketones is 1. The number of alkyl halides is 3. The van der Waals surface area contributed by atoms with Crippen molar-refractivity contribution >= 4 is 23.3 Å². The molecular weight excluding hydrogens is 401 g/mol. The minimum Gasteiger partial charge on any atom is -0.469 e. The first kappa shape index (κ1) is 19.9. The van der Waals surface area contributed by atoms with Crippen LogP contribution in [-0.4, -0.2) is 17.6 Å². The molecule has 1 aliphatic carbocycles. The normalized spacial score (nSPS) is 21.8. The van der Waals surface area contributed by atoms with Crippen LogP contribution in [0.1, 0.15) is 36.5 Å². The molecule has 0 bridgehead atoms. The summed E-state index contributed by atoms with van der Waals surface area (Å²) in [5, 5.41) is 5.08. The van der Waals surface area contributed by atoms with Gasteiger partial charge in [-0.25, -0.2) is 0 Å². The van der Waals surface area contributed by atoms with Crippen molar-refractivity contribution in [3.8, 4) is 0 Å². The third-order valence-electron chi connectivity index (χ3n) is 5.26. The van der Waals surface area contributed by atoms with Crippen molar-refractivity contribution in [1.29, 1.82) is 0 Å². The number of halogens is 3. The second-order valence-corrected chi connectivity index (χ2v) is 7.31. The zero-order valence-electron chi connectivity index (χ0n) is 15.6. The molecule has 1 aromatic heterocycles. The molecule has 2 aliphatic rings. The van der Waals surface area contributed by atoms with E-state index in [4.69, 9.17) is 4.42 Å². The van der Waals surface area contributed by atoms with Crippen molar-refractivity contribution in [1.82, 2.24) is 5.32 Å². The molecule has 6 nitrogen and oxygen atoms in total. The summed E-state index contributed by atoms with van der Waals surface area (Å²) in [6.07, 6.45) is -2.86. The molecular formula is C21H17F3N2O4. The number of hydrogen-bond acceptors (Lipinski definition) is 4. The summed E-state index contributed by atoms with van der Waals surface area (Å²) in [6, 6.07) is 7.65. The van der Waals surface area contributed by atoms with E-state index in [9.17, 15) is 27.6 Å². The molecule has 0 fully saturated rings. The summed E-state index contributed by atoms with van der Waals surface area (Å²) in [4.78, 5) is 37.8. The molecule has 30 heavy (non-hydrogen) atoms. The lowest BCUT2D eigenvalue weighted by Gasteiger charge is -2.32. The maximum Gasteiger partial charge on any atom is 0.416 e. The zero-order chi connectivity index (χ0) is 21.5. The predicted molar refractivity (Wildman–Crippen MR) is 99.0 cm³/mol. The van der Waals surface area contributed by atoms with E-state index in [1.165, 1.54) is 18.4 Å². The van der Waals surface area contributed by atoms with Crippen molar-refractivity contribution in [2.75, 3.05) is 5.32 Å². The molecule has 2 aromatic rings. The average Bonchev–Trinajstić information content (AvgIpc) is 3.21. The highest BCUT2D eigenvalue weighted by Crippen LogP contribution is 2.39. The Balaban J connectivity index is 1.59. The topological polar surface area (TPSA) is 88.4 Å². The molecule has 1 aliphatic heterocycles. The summed E-state index contributed by atoms with van der Waals surface area (Å²) >= 11 is 0. The maximum absolute atomic E-state index is 12.9. The molecule has 2 N–H and O–H groups in total. The summed E-state index contributed by atoms with van der Waals surface area (Å²) in [6.45, 7) is 0. The van der Waals surface area contributed by atoms with Crippen molar-refractivity contribution < 1.29 is 32.0 Å². The number of carbonyl (C=O) groups is 3. The number of carbonyl (C=O) groups excluding carboxylic acids is 3. The van der Waals surface area contributed by atoms with E-state index in [2.05, 4.69) is 10.6 Å². The average molecular weight is 418 g/mol. The number of benzene rings is 1. The van der Waals surface area contributed by atoms with E-state index in [-0.39, 0.29) is 35.8 Å². The van der Waals surface area contributed by atoms with Gasteiger partial charge in [-0.15, -0.1) is 0 Å². The van der Waals surface area contributed by atoms with Crippen LogP contribution in [0.25, 0.3) is 0 Å². The Morgan fingerprint density at radius 1 is 1.10 bits per heavy atom. The Kier molecular flexibility index (Phi) is 4.97. The molecule has 2 amide bonds. The third kappa shape index (κ3) is 3.87. The highest BCUT2D eigenvalue weighted by atomic mass is 19.4. The van der Waals surface area contributed by atoms with Crippen LogP contribution in [0.5, 0.6) is 0 Å². The Labute approximate surface area is 169 Å². The highest BCUT2D eigenvalue weighted by Gasteiger charge is 2.41. The Hall–Kier alpha value is -3.36. The minimum atomic E-state index is -4.55. The largest absolute Gasteiger partial charge is 0.469 e. The van der Waals surface area contributed by atoms with Gasteiger partial charge in [-0.1, -0.05) is 6.07 Å². The second-order valence-electron chi connectivity index (χ2n) is 7.31. The Morgan fingerprint density at radius 2 is 1.90 bits per heavy atom. The Bertz CT molecular complexity index is 1040. The number of amides is 2. The fraction of sp³-hybridized carbons (Fsp3) is 0.286. The number of rotatable bonds is 3. The monoisotopic (exact) mass is 418 g/mol. The first-order chi connectivity index (χ1) is 14.2. The van der Waals surface area contributed by atoms with Gasteiger partial charge < -0.3 is 15.1 Å². The molecule has 0 saturated carbocycles. The first-order valence-corrected chi connectivity index (χ1v) is 9.30. The molecule has 9 heteroatoms. The highest BCUT2D eigenvalue weighted by molar-refractivity contribution is 6.09. The number of nitrogens with one attached hydrogen (secondary N) is 2. The van der Waals surface area contributed by atoms with Crippen molar-refractivity contribution in [2.24, 2.45) is 5.92 Å². The standard InChI is InChI=1S/C21H17F3N2O4/c22-21(23,24)12-3-1-4-13(9-12)25-20(29)14-10-18(28)26-15-7-11(8-16(27)19(14)15)17-5-2-6-30-17/h1-6,9,11,14H,7-8,10H2,(H,25,29)(H,26,28)/t11-,14-/m0/s1. The lowest BCUT2D eigenvalue weighted by atomic mass is 9.76. The molecule has 1 aromatic carbocycles. The van der Waals surface area contributed by atoms with Crippen LogP contribution in [0.4, 0.5) is 18.9 Å². The number of Topliss-reactive ketones (excluding diaryl/α,β-unsaturated/α-hetero) is 1. The molecule has 0 unspecified atom stereocenters. The van der Waals surface area contributed by atoms with Gasteiger partial charge >= 0.3 is 6.18 Å². The van der Waals surface area contributed by atoms with Crippen LogP contribution >= 0.6 is 0 Å². The molecule has 0 spiro atoms. The van der Waals surface area contributed by atoms with Gasteiger partial charge in [0, 0.05) is 35.7 Å². The molecule has 0 radical (unpaired) electrons. The van der Waals surface area contributed by atoms with E-state index in [0.717, 1.165) is 12.1 Å². The molecule has 156 valence electrons. The lowest BCUT2D eigenvalue weighted by Crippen LogP contribution is -2.43. The maximum atomic E-state index is 12.9. The van der Waals surface area contributed by atoms with Gasteiger partial charge in [0.05, 0.1) is 17.7 Å². The summed E-state index contributed by atoms with van der Waals surface area (Å²) < 4.78 is 44.1. The van der Waals surface area contributed by atoms with Gasteiger partial charge in [0.25, 0.3) is 0 Å². The second kappa shape index (κ2) is 7.47. The minimum absolute atomic E-state index is 0.0559. The van der Waals surface area contributed by atoms with Gasteiger partial charge in [0.1, 0.15) is 5.76 Å². The summed E-state index contributed by atoms with van der Waals surface area (Å²) in [5.74, 6) is -2.11. The van der Waals surface area contributed by atoms with Crippen molar-refractivity contribution in [3.05, 3.63) is 65.3 Å². The summed E-state index contributed by atoms with van der Waals surface area (Å²) in [5.41, 5.74) is -0.383. The molecule has 0 saturated heterocycles. The van der Waals surface area contributed by atoms with Crippen molar-refractivity contribution in [3.63, 3.8) is 0 Å². The number of furan rings is 1. The zero-order valence-corrected chi connectivity index (χ0v) is 15.6. The van der Waals surface area contributed by atoms with Gasteiger partial charge in [0.15, 0.2) is 5.78 Å². The van der Waals surface area contributed by atoms with E-state index in [0.29, 0.717) is 17.9 Å². The van der Waals surface area contributed by atoms with Gasteiger partial charge in [0.2, 0.25) is 11.8 Å². The van der Waals surface area contributed by atoms with E-state index >= 15 is 0 Å². The van der Waals surface area contributed by atoms with Crippen LogP contribution in [0, 0.1) is 5.92 Å². The smallest absolute Gasteiger partial charge is 0.416 e. The molecule has 2 heterocycles. The van der Waals surface area contributed by atoms with Crippen LogP contribution in [0.2, 0.25) is 0 Å². The summed E-state index contributed by atoms with van der Waals surface area (Å²) in [7, 11) is 0. The quantitative estimate of drug-likeness (QED) is 0.794. The van der Waals surface area contributed by atoms with E-state index < -0.39 is 29.5 Å². The fourth-order valence-corrected chi connectivity index (χ4v) is 3.91. The van der Waals surface area contributed by atoms with Crippen LogP contribution in [-0.2, 0) is 20.6 Å². The number of hydrogen-bond donors (Lipinski definition) is 2.